The number of carbonyl (C=O) groups excluding carboxylic acids is 1. The van der Waals surface area contributed by atoms with Crippen molar-refractivity contribution in [2.75, 3.05) is 33.3 Å². The summed E-state index contributed by atoms with van der Waals surface area (Å²) in [6.45, 7) is 9.57. The summed E-state index contributed by atoms with van der Waals surface area (Å²) in [7, 11) is 1.84. The quantitative estimate of drug-likeness (QED) is 0.796. The Kier molecular flexibility index (Phi) is 4.91. The molecule has 0 saturated carbocycles. The molecule has 0 aromatic heterocycles. The minimum atomic E-state index is -0.429. The van der Waals surface area contributed by atoms with Gasteiger partial charge < -0.3 is 14.4 Å². The van der Waals surface area contributed by atoms with Crippen LogP contribution in [0, 0.1) is 0 Å². The van der Waals surface area contributed by atoms with Crippen molar-refractivity contribution in [3.8, 4) is 0 Å². The molecular weight excluding hydrogens is 256 g/mol. The molecule has 0 N–H and O–H groups in total. The molecule has 0 aromatic rings. The zero-order valence-corrected chi connectivity index (χ0v) is 13.2. The third-order valence-corrected chi connectivity index (χ3v) is 3.96. The first kappa shape index (κ1) is 15.6. The van der Waals surface area contributed by atoms with Gasteiger partial charge in [-0.15, -0.1) is 0 Å². The summed E-state index contributed by atoms with van der Waals surface area (Å²) in [5.41, 5.74) is -0.429. The highest BCUT2D eigenvalue weighted by Crippen LogP contribution is 2.20. The summed E-state index contributed by atoms with van der Waals surface area (Å²) in [6.07, 6.45) is 3.53. The largest absolute Gasteiger partial charge is 0.444 e. The predicted octanol–water partition coefficient (Wildman–Crippen LogP) is 2.11. The monoisotopic (exact) mass is 284 g/mol. The van der Waals surface area contributed by atoms with Gasteiger partial charge in [0.2, 0.25) is 0 Å². The molecule has 2 saturated heterocycles. The highest BCUT2D eigenvalue weighted by Gasteiger charge is 2.32. The normalized spacial score (nSPS) is 27.8. The molecule has 0 aromatic carbocycles. The Morgan fingerprint density at radius 3 is 2.75 bits per heavy atom. The van der Waals surface area contributed by atoms with Crippen LogP contribution in [0.3, 0.4) is 0 Å². The Hall–Kier alpha value is -0.810. The standard InChI is InChI=1S/C15H28N2O3/c1-15(2,3)20-14(18)16(4)12-7-8-17(10-12)11-13-6-5-9-19-13/h12-13H,5-11H2,1-4H3/t12-,13+/m1/s1. The molecule has 0 radical (unpaired) electrons. The molecule has 5 heteroatoms. The summed E-state index contributed by atoms with van der Waals surface area (Å²) in [6, 6.07) is 0.256. The molecule has 0 spiro atoms. The molecule has 2 aliphatic rings. The summed E-state index contributed by atoms with van der Waals surface area (Å²) in [4.78, 5) is 16.2. The molecule has 20 heavy (non-hydrogen) atoms. The maximum Gasteiger partial charge on any atom is 0.410 e. The number of likely N-dealkylation sites (tertiary alicyclic amines) is 1. The van der Waals surface area contributed by atoms with E-state index in [2.05, 4.69) is 4.90 Å². The van der Waals surface area contributed by atoms with Crippen molar-refractivity contribution in [1.29, 1.82) is 0 Å². The van der Waals surface area contributed by atoms with E-state index in [4.69, 9.17) is 9.47 Å². The topological polar surface area (TPSA) is 42.0 Å². The first-order chi connectivity index (χ1) is 9.35. The average molecular weight is 284 g/mol. The Balaban J connectivity index is 1.77. The SMILES string of the molecule is CN(C(=O)OC(C)(C)C)[C@@H]1CCN(C[C@@H]2CCCO2)C1. The lowest BCUT2D eigenvalue weighted by atomic mass is 10.2. The lowest BCUT2D eigenvalue weighted by molar-refractivity contribution is 0.0222. The Morgan fingerprint density at radius 2 is 2.15 bits per heavy atom. The van der Waals surface area contributed by atoms with Crippen LogP contribution in [-0.2, 0) is 9.47 Å². The summed E-state index contributed by atoms with van der Waals surface area (Å²) < 4.78 is 11.1. The molecule has 2 atom stereocenters. The van der Waals surface area contributed by atoms with Gasteiger partial charge in [0.05, 0.1) is 6.10 Å². The van der Waals surface area contributed by atoms with Gasteiger partial charge in [-0.05, 0) is 40.0 Å². The zero-order chi connectivity index (χ0) is 14.8. The van der Waals surface area contributed by atoms with Crippen LogP contribution in [0.1, 0.15) is 40.0 Å². The molecule has 5 nitrogen and oxygen atoms in total. The second-order valence-electron chi connectivity index (χ2n) is 6.93. The second-order valence-corrected chi connectivity index (χ2v) is 6.93. The fraction of sp³-hybridized carbons (Fsp3) is 0.933. The van der Waals surface area contributed by atoms with Crippen LogP contribution in [0.25, 0.3) is 0 Å². The van der Waals surface area contributed by atoms with Crippen LogP contribution >= 0.6 is 0 Å². The number of ether oxygens (including phenoxy) is 2. The third-order valence-electron chi connectivity index (χ3n) is 3.96. The molecule has 0 bridgehead atoms. The number of rotatable bonds is 3. The van der Waals surface area contributed by atoms with Crippen molar-refractivity contribution in [3.63, 3.8) is 0 Å². The fourth-order valence-corrected chi connectivity index (χ4v) is 2.85. The highest BCUT2D eigenvalue weighted by atomic mass is 16.6. The van der Waals surface area contributed by atoms with Gasteiger partial charge in [-0.1, -0.05) is 0 Å². The third kappa shape index (κ3) is 4.35. The van der Waals surface area contributed by atoms with Crippen molar-refractivity contribution in [2.24, 2.45) is 0 Å². The minimum Gasteiger partial charge on any atom is -0.444 e. The number of carbonyl (C=O) groups is 1. The van der Waals surface area contributed by atoms with E-state index in [0.717, 1.165) is 32.7 Å². The molecule has 2 aliphatic heterocycles. The van der Waals surface area contributed by atoms with E-state index in [9.17, 15) is 4.79 Å². The van der Waals surface area contributed by atoms with Crippen molar-refractivity contribution in [3.05, 3.63) is 0 Å². The van der Waals surface area contributed by atoms with Gasteiger partial charge in [0.1, 0.15) is 5.60 Å². The van der Waals surface area contributed by atoms with Crippen LogP contribution in [0.2, 0.25) is 0 Å². The van der Waals surface area contributed by atoms with Crippen LogP contribution in [-0.4, -0.2) is 66.9 Å². The minimum absolute atomic E-state index is 0.221. The van der Waals surface area contributed by atoms with E-state index in [1.54, 1.807) is 4.90 Å². The lowest BCUT2D eigenvalue weighted by Crippen LogP contribution is -2.42. The smallest absolute Gasteiger partial charge is 0.410 e. The molecule has 2 rings (SSSR count). The van der Waals surface area contributed by atoms with Crippen molar-refractivity contribution >= 4 is 6.09 Å². The fourth-order valence-electron chi connectivity index (χ4n) is 2.85. The van der Waals surface area contributed by atoms with E-state index < -0.39 is 5.60 Å². The van der Waals surface area contributed by atoms with E-state index in [1.165, 1.54) is 12.8 Å². The summed E-state index contributed by atoms with van der Waals surface area (Å²) in [5, 5.41) is 0. The van der Waals surface area contributed by atoms with Gasteiger partial charge in [0.15, 0.2) is 0 Å². The number of hydrogen-bond acceptors (Lipinski definition) is 4. The average Bonchev–Trinajstić information content (AvgIpc) is 2.97. The summed E-state index contributed by atoms with van der Waals surface area (Å²) in [5.74, 6) is 0. The molecule has 2 heterocycles. The summed E-state index contributed by atoms with van der Waals surface area (Å²) >= 11 is 0. The molecule has 0 unspecified atom stereocenters. The first-order valence-corrected chi connectivity index (χ1v) is 7.65. The Morgan fingerprint density at radius 1 is 1.40 bits per heavy atom. The van der Waals surface area contributed by atoms with Crippen LogP contribution < -0.4 is 0 Å². The highest BCUT2D eigenvalue weighted by molar-refractivity contribution is 5.68. The van der Waals surface area contributed by atoms with Crippen molar-refractivity contribution in [1.82, 2.24) is 9.80 Å². The van der Waals surface area contributed by atoms with Crippen molar-refractivity contribution < 1.29 is 14.3 Å². The van der Waals surface area contributed by atoms with Crippen molar-refractivity contribution in [2.45, 2.75) is 57.8 Å². The first-order valence-electron chi connectivity index (χ1n) is 7.65. The van der Waals surface area contributed by atoms with Gasteiger partial charge in [0, 0.05) is 39.3 Å². The van der Waals surface area contributed by atoms with Gasteiger partial charge in [0.25, 0.3) is 0 Å². The number of amides is 1. The zero-order valence-electron chi connectivity index (χ0n) is 13.2. The van der Waals surface area contributed by atoms with E-state index in [-0.39, 0.29) is 12.1 Å². The predicted molar refractivity (Wildman–Crippen MR) is 77.8 cm³/mol. The molecule has 0 aliphatic carbocycles. The van der Waals surface area contributed by atoms with Crippen LogP contribution in [0.5, 0.6) is 0 Å². The molecular formula is C15H28N2O3. The van der Waals surface area contributed by atoms with E-state index in [0.29, 0.717) is 6.10 Å². The maximum atomic E-state index is 12.1. The van der Waals surface area contributed by atoms with Gasteiger partial charge in [-0.3, -0.25) is 4.90 Å². The number of hydrogen-bond donors (Lipinski definition) is 0. The van der Waals surface area contributed by atoms with Gasteiger partial charge >= 0.3 is 6.09 Å². The molecule has 2 fully saturated rings. The second kappa shape index (κ2) is 6.31. The Labute approximate surface area is 122 Å². The van der Waals surface area contributed by atoms with Crippen LogP contribution in [0.4, 0.5) is 4.79 Å². The number of likely N-dealkylation sites (N-methyl/N-ethyl adjacent to an activating group) is 1. The Bertz CT molecular complexity index is 335. The number of nitrogens with zero attached hydrogens (tertiary/aromatic N) is 2. The maximum absolute atomic E-state index is 12.1. The molecule has 1 amide bonds. The van der Waals surface area contributed by atoms with Gasteiger partial charge in [-0.25, -0.2) is 4.79 Å². The van der Waals surface area contributed by atoms with E-state index >= 15 is 0 Å². The molecule has 116 valence electrons. The van der Waals surface area contributed by atoms with Crippen LogP contribution in [0.15, 0.2) is 0 Å². The van der Waals surface area contributed by atoms with E-state index in [1.807, 2.05) is 27.8 Å². The van der Waals surface area contributed by atoms with Gasteiger partial charge in [-0.2, -0.15) is 0 Å². The lowest BCUT2D eigenvalue weighted by Gasteiger charge is -2.29.